The summed E-state index contributed by atoms with van der Waals surface area (Å²) in [4.78, 5) is 49.0. The molecule has 0 bridgehead atoms. The van der Waals surface area contributed by atoms with E-state index in [9.17, 15) is 24.3 Å². The zero-order valence-corrected chi connectivity index (χ0v) is 16.9. The van der Waals surface area contributed by atoms with Gasteiger partial charge in [-0.2, -0.15) is 0 Å². The number of hydrogen-bond donors (Lipinski definition) is 1. The van der Waals surface area contributed by atoms with Gasteiger partial charge in [0, 0.05) is 30.0 Å². The number of anilines is 1. The Bertz CT molecular complexity index is 1080. The number of aryl methyl sites for hydroxylation is 1. The summed E-state index contributed by atoms with van der Waals surface area (Å²) in [6.45, 7) is 2.66. The highest BCUT2D eigenvalue weighted by Crippen LogP contribution is 2.40. The third-order valence-electron chi connectivity index (χ3n) is 4.95. The summed E-state index contributed by atoms with van der Waals surface area (Å²) in [5.74, 6) is -1.93. The van der Waals surface area contributed by atoms with Crippen LogP contribution in [0, 0.1) is 0 Å². The summed E-state index contributed by atoms with van der Waals surface area (Å²) >= 11 is 0. The Balaban J connectivity index is 2.03. The molecule has 3 rings (SSSR count). The molecule has 1 aliphatic heterocycles. The Morgan fingerprint density at radius 2 is 1.63 bits per heavy atom. The minimum absolute atomic E-state index is 0.0365. The van der Waals surface area contributed by atoms with E-state index in [0.29, 0.717) is 28.8 Å². The van der Waals surface area contributed by atoms with Gasteiger partial charge in [0.05, 0.1) is 18.4 Å². The van der Waals surface area contributed by atoms with E-state index in [0.717, 1.165) is 10.5 Å². The molecule has 0 radical (unpaired) electrons. The molecule has 1 aliphatic rings. The quantitative estimate of drug-likeness (QED) is 0.353. The van der Waals surface area contributed by atoms with Crippen molar-refractivity contribution in [2.45, 2.75) is 26.7 Å². The minimum atomic E-state index is -0.648. The maximum Gasteiger partial charge on any atom is 0.305 e. The average molecular weight is 407 g/mol. The van der Waals surface area contributed by atoms with Crippen LogP contribution in [0.5, 0.6) is 0 Å². The first-order valence-electron chi connectivity index (χ1n) is 9.34. The Kier molecular flexibility index (Phi) is 5.82. The third kappa shape index (κ3) is 3.87. The molecule has 0 unspecified atom stereocenters. The summed E-state index contributed by atoms with van der Waals surface area (Å²) in [6, 6.07) is 11.3. The molecule has 0 spiro atoms. The summed E-state index contributed by atoms with van der Waals surface area (Å²) in [5.41, 5.74) is 2.24. The monoisotopic (exact) mass is 407 g/mol. The molecule has 2 aromatic carbocycles. The van der Waals surface area contributed by atoms with Crippen molar-refractivity contribution in [2.75, 3.05) is 12.0 Å². The molecule has 154 valence electrons. The summed E-state index contributed by atoms with van der Waals surface area (Å²) in [7, 11) is 1.33. The lowest BCUT2D eigenvalue weighted by molar-refractivity contribution is -0.140. The number of fused-ring (bicyclic) bond motifs is 1. The van der Waals surface area contributed by atoms with E-state index in [1.54, 1.807) is 30.3 Å². The number of ketones is 1. The first kappa shape index (κ1) is 21.0. The number of rotatable bonds is 5. The number of carbonyl (C=O) groups is 4. The van der Waals surface area contributed by atoms with Crippen LogP contribution >= 0.6 is 0 Å². The van der Waals surface area contributed by atoms with Crippen LogP contribution in [0.2, 0.25) is 0 Å². The second-order valence-electron chi connectivity index (χ2n) is 6.94. The van der Waals surface area contributed by atoms with Crippen LogP contribution in [0.25, 0.3) is 11.3 Å². The number of esters is 1. The highest BCUT2D eigenvalue weighted by atomic mass is 16.5. The van der Waals surface area contributed by atoms with E-state index in [4.69, 9.17) is 0 Å². The fourth-order valence-corrected chi connectivity index (χ4v) is 3.35. The number of aliphatic hydroxyl groups is 1. The van der Waals surface area contributed by atoms with Gasteiger partial charge >= 0.3 is 5.97 Å². The Hall–Kier alpha value is -3.74. The number of amides is 2. The molecule has 2 aromatic rings. The van der Waals surface area contributed by atoms with Gasteiger partial charge in [-0.1, -0.05) is 24.3 Å². The van der Waals surface area contributed by atoms with Gasteiger partial charge in [0.2, 0.25) is 5.91 Å². The Morgan fingerprint density at radius 1 is 1.00 bits per heavy atom. The van der Waals surface area contributed by atoms with Crippen molar-refractivity contribution in [3.8, 4) is 0 Å². The van der Waals surface area contributed by atoms with Gasteiger partial charge in [-0.25, -0.2) is 4.90 Å². The third-order valence-corrected chi connectivity index (χ3v) is 4.95. The maximum absolute atomic E-state index is 12.9. The average Bonchev–Trinajstić information content (AvgIpc) is 3.02. The summed E-state index contributed by atoms with van der Waals surface area (Å²) < 4.78 is 4.62. The first-order chi connectivity index (χ1) is 14.2. The van der Waals surface area contributed by atoms with Gasteiger partial charge in [0.1, 0.15) is 5.76 Å². The number of Topliss-reactive ketones (excluding diaryl/α,β-unsaturated/α-hetero) is 1. The molecule has 7 heteroatoms. The van der Waals surface area contributed by atoms with Crippen LogP contribution < -0.4 is 4.90 Å². The van der Waals surface area contributed by atoms with E-state index in [2.05, 4.69) is 4.74 Å². The zero-order valence-electron chi connectivity index (χ0n) is 16.9. The number of methoxy groups -OCH3 is 1. The molecule has 0 saturated heterocycles. The lowest BCUT2D eigenvalue weighted by atomic mass is 9.98. The largest absolute Gasteiger partial charge is 0.506 e. The van der Waals surface area contributed by atoms with Crippen LogP contribution in [-0.4, -0.2) is 35.8 Å². The predicted octanol–water partition coefficient (Wildman–Crippen LogP) is 3.31. The lowest BCUT2D eigenvalue weighted by Crippen LogP contribution is -2.31. The molecule has 0 aliphatic carbocycles. The van der Waals surface area contributed by atoms with E-state index in [-0.39, 0.29) is 29.5 Å². The number of aliphatic hydroxyl groups excluding tert-OH is 1. The topological polar surface area (TPSA) is 101 Å². The van der Waals surface area contributed by atoms with E-state index < -0.39 is 11.8 Å². The zero-order chi connectivity index (χ0) is 22.0. The molecular weight excluding hydrogens is 386 g/mol. The van der Waals surface area contributed by atoms with Crippen molar-refractivity contribution >= 4 is 40.6 Å². The second-order valence-corrected chi connectivity index (χ2v) is 6.94. The second kappa shape index (κ2) is 8.32. The summed E-state index contributed by atoms with van der Waals surface area (Å²) in [6.07, 6.45) is 0.711. The maximum atomic E-state index is 12.9. The standard InChI is InChI=1S/C23H21NO6/c1-13(25)17-9-10-19-18(12-17)21(23(29)24(19)14(2)26)22(28)16-7-4-15(5-8-16)6-11-20(27)30-3/h4-5,7-10,12,28H,6,11H2,1-3H3. The molecular formula is C23H21NO6. The van der Waals surface area contributed by atoms with Gasteiger partial charge in [-0.05, 0) is 37.1 Å². The van der Waals surface area contributed by atoms with E-state index in [1.165, 1.54) is 33.1 Å². The van der Waals surface area contributed by atoms with Gasteiger partial charge < -0.3 is 9.84 Å². The van der Waals surface area contributed by atoms with Crippen LogP contribution in [0.15, 0.2) is 42.5 Å². The Morgan fingerprint density at radius 3 is 2.20 bits per heavy atom. The Labute approximate surface area is 173 Å². The molecule has 1 N–H and O–H groups in total. The number of nitrogens with zero attached hydrogens (tertiary/aromatic N) is 1. The predicted molar refractivity (Wildman–Crippen MR) is 111 cm³/mol. The normalized spacial score (nSPS) is 14.4. The molecule has 2 amide bonds. The van der Waals surface area contributed by atoms with Crippen molar-refractivity contribution in [1.29, 1.82) is 0 Å². The molecule has 0 aromatic heterocycles. The lowest BCUT2D eigenvalue weighted by Gasteiger charge is -2.12. The highest BCUT2D eigenvalue weighted by Gasteiger charge is 2.38. The van der Waals surface area contributed by atoms with Crippen molar-refractivity contribution in [1.82, 2.24) is 0 Å². The van der Waals surface area contributed by atoms with Gasteiger partial charge in [0.15, 0.2) is 5.78 Å². The van der Waals surface area contributed by atoms with E-state index in [1.807, 2.05) is 0 Å². The number of hydrogen-bond acceptors (Lipinski definition) is 6. The van der Waals surface area contributed by atoms with Gasteiger partial charge in [-0.3, -0.25) is 19.2 Å². The number of benzene rings is 2. The van der Waals surface area contributed by atoms with Gasteiger partial charge in [0.25, 0.3) is 5.91 Å². The SMILES string of the molecule is COC(=O)CCc1ccc(C(O)=C2C(=O)N(C(C)=O)c3ccc(C(C)=O)cc32)cc1. The van der Waals surface area contributed by atoms with Crippen LogP contribution in [-0.2, 0) is 25.5 Å². The molecule has 0 atom stereocenters. The van der Waals surface area contributed by atoms with Crippen molar-refractivity contribution < 1.29 is 29.0 Å². The fourth-order valence-electron chi connectivity index (χ4n) is 3.35. The van der Waals surface area contributed by atoms with Crippen LogP contribution in [0.1, 0.15) is 47.3 Å². The summed E-state index contributed by atoms with van der Waals surface area (Å²) in [5, 5.41) is 10.9. The van der Waals surface area contributed by atoms with E-state index >= 15 is 0 Å². The molecule has 30 heavy (non-hydrogen) atoms. The first-order valence-corrected chi connectivity index (χ1v) is 9.34. The minimum Gasteiger partial charge on any atom is -0.506 e. The van der Waals surface area contributed by atoms with Crippen molar-refractivity contribution in [3.05, 3.63) is 64.7 Å². The number of carbonyl (C=O) groups excluding carboxylic acids is 4. The molecule has 7 nitrogen and oxygen atoms in total. The van der Waals surface area contributed by atoms with Gasteiger partial charge in [-0.15, -0.1) is 0 Å². The number of imide groups is 1. The molecule has 0 fully saturated rings. The highest BCUT2D eigenvalue weighted by molar-refractivity contribution is 6.42. The number of ether oxygens (including phenoxy) is 1. The fraction of sp³-hybridized carbons (Fsp3) is 0.217. The molecule has 0 saturated carbocycles. The van der Waals surface area contributed by atoms with Crippen LogP contribution in [0.3, 0.4) is 0 Å². The molecule has 1 heterocycles. The smallest absolute Gasteiger partial charge is 0.305 e. The van der Waals surface area contributed by atoms with Crippen molar-refractivity contribution in [2.24, 2.45) is 0 Å². The van der Waals surface area contributed by atoms with Crippen LogP contribution in [0.4, 0.5) is 5.69 Å². The van der Waals surface area contributed by atoms with Crippen molar-refractivity contribution in [3.63, 3.8) is 0 Å².